The molecule has 2 N–H and O–H groups in total. The quantitative estimate of drug-likeness (QED) is 0.825. The van der Waals surface area contributed by atoms with Gasteiger partial charge in [0.2, 0.25) is 0 Å². The normalized spacial score (nSPS) is 22.1. The van der Waals surface area contributed by atoms with E-state index in [1.807, 2.05) is 24.3 Å². The zero-order valence-electron chi connectivity index (χ0n) is 10.7. The number of rotatable bonds is 5. The van der Waals surface area contributed by atoms with Gasteiger partial charge in [0.15, 0.2) is 0 Å². The highest BCUT2D eigenvalue weighted by molar-refractivity contribution is 5.29. The molecule has 1 fully saturated rings. The fourth-order valence-electron chi connectivity index (χ4n) is 2.52. The Bertz CT molecular complexity index is 383. The van der Waals surface area contributed by atoms with Crippen LogP contribution in [0.3, 0.4) is 0 Å². The number of aliphatic hydroxyl groups excluding tert-OH is 2. The molecule has 2 atom stereocenters. The fourth-order valence-corrected chi connectivity index (χ4v) is 2.52. The Kier molecular flexibility index (Phi) is 4.58. The van der Waals surface area contributed by atoms with Crippen LogP contribution in [0.1, 0.15) is 24.5 Å². The maximum Gasteiger partial charge on any atom is 0.119 e. The molecule has 0 aliphatic carbocycles. The first kappa shape index (κ1) is 13.3. The van der Waals surface area contributed by atoms with Gasteiger partial charge in [-0.1, -0.05) is 12.1 Å². The molecule has 1 aliphatic rings. The number of nitrogens with zero attached hydrogens (tertiary/aromatic N) is 1. The molecule has 0 amide bonds. The van der Waals surface area contributed by atoms with Crippen LogP contribution in [-0.4, -0.2) is 48.0 Å². The zero-order chi connectivity index (χ0) is 13.0. The van der Waals surface area contributed by atoms with Crippen molar-refractivity contribution < 1.29 is 14.9 Å². The number of β-amino-alcohol motifs (C(OH)–C–C–N with tert-alkyl or cyclic N) is 1. The Hall–Kier alpha value is -1.10. The first-order chi connectivity index (χ1) is 8.74. The second-order valence-corrected chi connectivity index (χ2v) is 4.77. The summed E-state index contributed by atoms with van der Waals surface area (Å²) in [4.78, 5) is 2.16. The zero-order valence-corrected chi connectivity index (χ0v) is 10.7. The van der Waals surface area contributed by atoms with Crippen molar-refractivity contribution in [3.05, 3.63) is 29.8 Å². The van der Waals surface area contributed by atoms with Crippen molar-refractivity contribution in [3.63, 3.8) is 0 Å². The minimum atomic E-state index is -0.535. The summed E-state index contributed by atoms with van der Waals surface area (Å²) >= 11 is 0. The van der Waals surface area contributed by atoms with E-state index in [2.05, 4.69) is 4.90 Å². The highest BCUT2D eigenvalue weighted by Gasteiger charge is 2.25. The monoisotopic (exact) mass is 251 g/mol. The molecule has 0 radical (unpaired) electrons. The molecule has 100 valence electrons. The average Bonchev–Trinajstić information content (AvgIpc) is 2.86. The number of methoxy groups -OCH3 is 1. The van der Waals surface area contributed by atoms with Crippen LogP contribution in [0.15, 0.2) is 24.3 Å². The summed E-state index contributed by atoms with van der Waals surface area (Å²) in [5.74, 6) is 0.756. The molecule has 2 rings (SSSR count). The van der Waals surface area contributed by atoms with Gasteiger partial charge in [0.1, 0.15) is 5.75 Å². The van der Waals surface area contributed by atoms with Gasteiger partial charge in [-0.25, -0.2) is 0 Å². The van der Waals surface area contributed by atoms with Crippen molar-refractivity contribution in [2.24, 2.45) is 0 Å². The lowest BCUT2D eigenvalue weighted by Crippen LogP contribution is -2.35. The molecular weight excluding hydrogens is 230 g/mol. The maximum absolute atomic E-state index is 10.2. The predicted octanol–water partition coefficient (Wildman–Crippen LogP) is 1.19. The van der Waals surface area contributed by atoms with Gasteiger partial charge in [-0.05, 0) is 37.1 Å². The minimum absolute atomic E-state index is 0.171. The molecule has 1 aromatic carbocycles. The SMILES string of the molecule is COc1cccc(C(O)CN2CCC[C@H]2CO)c1. The van der Waals surface area contributed by atoms with Crippen LogP contribution >= 0.6 is 0 Å². The highest BCUT2D eigenvalue weighted by atomic mass is 16.5. The molecule has 18 heavy (non-hydrogen) atoms. The van der Waals surface area contributed by atoms with E-state index in [4.69, 9.17) is 4.74 Å². The van der Waals surface area contributed by atoms with Crippen molar-refractivity contribution in [2.75, 3.05) is 26.8 Å². The predicted molar refractivity (Wildman–Crippen MR) is 69.6 cm³/mol. The third-order valence-corrected chi connectivity index (χ3v) is 3.60. The van der Waals surface area contributed by atoms with Crippen molar-refractivity contribution in [1.82, 2.24) is 4.90 Å². The van der Waals surface area contributed by atoms with Gasteiger partial charge in [0, 0.05) is 12.6 Å². The third kappa shape index (κ3) is 3.02. The number of likely N-dealkylation sites (tertiary alicyclic amines) is 1. The Morgan fingerprint density at radius 2 is 2.33 bits per heavy atom. The number of benzene rings is 1. The highest BCUT2D eigenvalue weighted by Crippen LogP contribution is 2.23. The molecule has 4 nitrogen and oxygen atoms in total. The van der Waals surface area contributed by atoms with E-state index in [1.165, 1.54) is 0 Å². The summed E-state index contributed by atoms with van der Waals surface area (Å²) in [6.45, 7) is 1.69. The number of aliphatic hydroxyl groups is 2. The van der Waals surface area contributed by atoms with Gasteiger partial charge >= 0.3 is 0 Å². The molecule has 1 heterocycles. The lowest BCUT2D eigenvalue weighted by Gasteiger charge is -2.25. The standard InChI is InChI=1S/C14H21NO3/c1-18-13-6-2-4-11(8-13)14(17)9-15-7-3-5-12(15)10-16/h2,4,6,8,12,14,16-17H,3,5,7,9-10H2,1H3/t12-,14?/m0/s1. The van der Waals surface area contributed by atoms with E-state index in [0.29, 0.717) is 6.54 Å². The first-order valence-corrected chi connectivity index (χ1v) is 6.41. The van der Waals surface area contributed by atoms with Gasteiger partial charge < -0.3 is 14.9 Å². The third-order valence-electron chi connectivity index (χ3n) is 3.60. The van der Waals surface area contributed by atoms with E-state index in [-0.39, 0.29) is 12.6 Å². The molecule has 0 bridgehead atoms. The van der Waals surface area contributed by atoms with Crippen LogP contribution < -0.4 is 4.74 Å². The molecule has 0 aromatic heterocycles. The lowest BCUT2D eigenvalue weighted by atomic mass is 10.1. The topological polar surface area (TPSA) is 52.9 Å². The second kappa shape index (κ2) is 6.18. The van der Waals surface area contributed by atoms with Crippen molar-refractivity contribution in [3.8, 4) is 5.75 Å². The fraction of sp³-hybridized carbons (Fsp3) is 0.571. The van der Waals surface area contributed by atoms with E-state index in [1.54, 1.807) is 7.11 Å². The van der Waals surface area contributed by atoms with E-state index in [0.717, 1.165) is 30.7 Å². The van der Waals surface area contributed by atoms with Crippen LogP contribution in [0.4, 0.5) is 0 Å². The number of hydrogen-bond donors (Lipinski definition) is 2. The van der Waals surface area contributed by atoms with Gasteiger partial charge in [-0.3, -0.25) is 4.90 Å². The van der Waals surface area contributed by atoms with Crippen LogP contribution in [0.5, 0.6) is 5.75 Å². The summed E-state index contributed by atoms with van der Waals surface area (Å²) in [7, 11) is 1.62. The Morgan fingerprint density at radius 1 is 1.50 bits per heavy atom. The summed E-state index contributed by atoms with van der Waals surface area (Å²) in [5.41, 5.74) is 0.859. The largest absolute Gasteiger partial charge is 0.497 e. The number of hydrogen-bond acceptors (Lipinski definition) is 4. The van der Waals surface area contributed by atoms with Crippen molar-refractivity contribution in [1.29, 1.82) is 0 Å². The molecular formula is C14H21NO3. The van der Waals surface area contributed by atoms with Crippen LogP contribution in [0.2, 0.25) is 0 Å². The molecule has 4 heteroatoms. The molecule has 1 aliphatic heterocycles. The van der Waals surface area contributed by atoms with Crippen LogP contribution in [0.25, 0.3) is 0 Å². The van der Waals surface area contributed by atoms with Gasteiger partial charge in [0.05, 0.1) is 19.8 Å². The second-order valence-electron chi connectivity index (χ2n) is 4.77. The van der Waals surface area contributed by atoms with E-state index in [9.17, 15) is 10.2 Å². The Balaban J connectivity index is 2.00. The lowest BCUT2D eigenvalue weighted by molar-refractivity contribution is 0.0849. The molecule has 1 saturated heterocycles. The first-order valence-electron chi connectivity index (χ1n) is 6.41. The summed E-state index contributed by atoms with van der Waals surface area (Å²) in [6, 6.07) is 7.70. The summed E-state index contributed by atoms with van der Waals surface area (Å²) < 4.78 is 5.15. The average molecular weight is 251 g/mol. The minimum Gasteiger partial charge on any atom is -0.497 e. The molecule has 1 unspecified atom stereocenters. The molecule has 0 saturated carbocycles. The van der Waals surface area contributed by atoms with Gasteiger partial charge in [-0.15, -0.1) is 0 Å². The summed E-state index contributed by atoms with van der Waals surface area (Å²) in [5, 5.41) is 19.5. The maximum atomic E-state index is 10.2. The van der Waals surface area contributed by atoms with Crippen molar-refractivity contribution in [2.45, 2.75) is 25.0 Å². The van der Waals surface area contributed by atoms with E-state index >= 15 is 0 Å². The molecule has 1 aromatic rings. The van der Waals surface area contributed by atoms with Crippen molar-refractivity contribution >= 4 is 0 Å². The van der Waals surface area contributed by atoms with Crippen LogP contribution in [0, 0.1) is 0 Å². The van der Waals surface area contributed by atoms with Gasteiger partial charge in [-0.2, -0.15) is 0 Å². The number of ether oxygens (including phenoxy) is 1. The summed E-state index contributed by atoms with van der Waals surface area (Å²) in [6.07, 6.45) is 1.57. The van der Waals surface area contributed by atoms with Gasteiger partial charge in [0.25, 0.3) is 0 Å². The van der Waals surface area contributed by atoms with Crippen LogP contribution in [-0.2, 0) is 0 Å². The smallest absolute Gasteiger partial charge is 0.119 e. The Labute approximate surface area is 108 Å². The molecule has 0 spiro atoms. The Morgan fingerprint density at radius 3 is 3.06 bits per heavy atom. The van der Waals surface area contributed by atoms with E-state index < -0.39 is 6.10 Å².